The summed E-state index contributed by atoms with van der Waals surface area (Å²) in [6, 6.07) is 5.34. The third kappa shape index (κ3) is 3.48. The van der Waals surface area contributed by atoms with Crippen LogP contribution >= 0.6 is 0 Å². The third-order valence-electron chi connectivity index (χ3n) is 3.72. The van der Waals surface area contributed by atoms with Crippen molar-refractivity contribution in [3.63, 3.8) is 0 Å². The molecular weight excluding hydrogens is 257 g/mol. The molecule has 1 aliphatic heterocycles. The highest BCUT2D eigenvalue weighted by molar-refractivity contribution is 5.26. The number of hydrogen-bond acceptors (Lipinski definition) is 2. The Morgan fingerprint density at radius 2 is 1.89 bits per heavy atom. The molecule has 0 atom stereocenters. The molecule has 1 heterocycles. The normalized spacial score (nSPS) is 19.4. The van der Waals surface area contributed by atoms with Gasteiger partial charge in [0.25, 0.3) is 0 Å². The first kappa shape index (κ1) is 14.3. The Balaban J connectivity index is 2.18. The van der Waals surface area contributed by atoms with E-state index < -0.39 is 11.7 Å². The molecule has 19 heavy (non-hydrogen) atoms. The SMILES string of the molecule is OCC1(Cc2cccc(C(F)(F)F)c2)CCOCC1. The summed E-state index contributed by atoms with van der Waals surface area (Å²) in [5.74, 6) is 0. The highest BCUT2D eigenvalue weighted by atomic mass is 19.4. The highest BCUT2D eigenvalue weighted by Crippen LogP contribution is 2.35. The molecule has 0 aliphatic carbocycles. The predicted octanol–water partition coefficient (Wildman–Crippen LogP) is 3.04. The van der Waals surface area contributed by atoms with E-state index in [9.17, 15) is 18.3 Å². The van der Waals surface area contributed by atoms with Crippen molar-refractivity contribution in [2.24, 2.45) is 5.41 Å². The van der Waals surface area contributed by atoms with Crippen molar-refractivity contribution >= 4 is 0 Å². The van der Waals surface area contributed by atoms with Crippen LogP contribution in [-0.4, -0.2) is 24.9 Å². The molecule has 1 aromatic rings. The van der Waals surface area contributed by atoms with Gasteiger partial charge < -0.3 is 9.84 Å². The first-order chi connectivity index (χ1) is 8.95. The quantitative estimate of drug-likeness (QED) is 0.918. The zero-order valence-corrected chi connectivity index (χ0v) is 10.5. The van der Waals surface area contributed by atoms with Crippen LogP contribution in [0.5, 0.6) is 0 Å². The molecule has 1 saturated heterocycles. The standard InChI is InChI=1S/C14H17F3O2/c15-14(16,17)12-3-1-2-11(8-12)9-13(10-18)4-6-19-7-5-13/h1-3,8,18H,4-7,9-10H2. The van der Waals surface area contributed by atoms with E-state index in [1.807, 2.05) is 0 Å². The summed E-state index contributed by atoms with van der Waals surface area (Å²) in [6.07, 6.45) is -2.51. The Morgan fingerprint density at radius 1 is 1.21 bits per heavy atom. The second kappa shape index (κ2) is 5.51. The molecule has 0 bridgehead atoms. The van der Waals surface area contributed by atoms with Crippen LogP contribution in [0, 0.1) is 5.41 Å². The second-order valence-electron chi connectivity index (χ2n) is 5.15. The molecule has 2 rings (SSSR count). The van der Waals surface area contributed by atoms with Gasteiger partial charge in [0.1, 0.15) is 0 Å². The number of rotatable bonds is 3. The predicted molar refractivity (Wildman–Crippen MR) is 64.7 cm³/mol. The molecule has 1 fully saturated rings. The first-order valence-corrected chi connectivity index (χ1v) is 6.30. The fourth-order valence-corrected chi connectivity index (χ4v) is 2.49. The van der Waals surface area contributed by atoms with Crippen molar-refractivity contribution in [3.05, 3.63) is 35.4 Å². The van der Waals surface area contributed by atoms with Crippen molar-refractivity contribution in [3.8, 4) is 0 Å². The van der Waals surface area contributed by atoms with Crippen LogP contribution in [0.1, 0.15) is 24.0 Å². The molecule has 106 valence electrons. The lowest BCUT2D eigenvalue weighted by atomic mass is 9.76. The van der Waals surface area contributed by atoms with Crippen LogP contribution in [0.4, 0.5) is 13.2 Å². The van der Waals surface area contributed by atoms with Gasteiger partial charge in [-0.2, -0.15) is 13.2 Å². The van der Waals surface area contributed by atoms with Gasteiger partial charge in [-0.05, 0) is 30.9 Å². The summed E-state index contributed by atoms with van der Waals surface area (Å²) >= 11 is 0. The van der Waals surface area contributed by atoms with Gasteiger partial charge in [0.15, 0.2) is 0 Å². The van der Waals surface area contributed by atoms with Crippen molar-refractivity contribution in [2.75, 3.05) is 19.8 Å². The van der Waals surface area contributed by atoms with Gasteiger partial charge in [-0.3, -0.25) is 0 Å². The topological polar surface area (TPSA) is 29.5 Å². The number of benzene rings is 1. The fourth-order valence-electron chi connectivity index (χ4n) is 2.49. The molecule has 0 aromatic heterocycles. The first-order valence-electron chi connectivity index (χ1n) is 6.30. The minimum Gasteiger partial charge on any atom is -0.396 e. The van der Waals surface area contributed by atoms with E-state index in [-0.39, 0.29) is 12.0 Å². The zero-order valence-electron chi connectivity index (χ0n) is 10.5. The molecule has 1 aliphatic rings. The van der Waals surface area contributed by atoms with Gasteiger partial charge in [0.05, 0.1) is 5.56 Å². The Morgan fingerprint density at radius 3 is 2.47 bits per heavy atom. The number of aliphatic hydroxyl groups is 1. The third-order valence-corrected chi connectivity index (χ3v) is 3.72. The maximum atomic E-state index is 12.7. The van der Waals surface area contributed by atoms with E-state index in [1.54, 1.807) is 6.07 Å². The number of ether oxygens (including phenoxy) is 1. The molecule has 2 nitrogen and oxygen atoms in total. The monoisotopic (exact) mass is 274 g/mol. The molecular formula is C14H17F3O2. The van der Waals surface area contributed by atoms with Gasteiger partial charge in [-0.25, -0.2) is 0 Å². The van der Waals surface area contributed by atoms with E-state index >= 15 is 0 Å². The van der Waals surface area contributed by atoms with Crippen LogP contribution < -0.4 is 0 Å². The van der Waals surface area contributed by atoms with Gasteiger partial charge >= 0.3 is 6.18 Å². The molecule has 5 heteroatoms. The minimum absolute atomic E-state index is 0.0212. The number of aliphatic hydroxyl groups excluding tert-OH is 1. The average Bonchev–Trinajstić information content (AvgIpc) is 2.39. The fraction of sp³-hybridized carbons (Fsp3) is 0.571. The van der Waals surface area contributed by atoms with Crippen LogP contribution in [0.25, 0.3) is 0 Å². The lowest BCUT2D eigenvalue weighted by Crippen LogP contribution is -2.35. The molecule has 1 aromatic carbocycles. The summed E-state index contributed by atoms with van der Waals surface area (Å²) in [7, 11) is 0. The number of alkyl halides is 3. The summed E-state index contributed by atoms with van der Waals surface area (Å²) < 4.78 is 43.2. The Hall–Kier alpha value is -1.07. The van der Waals surface area contributed by atoms with E-state index in [0.29, 0.717) is 38.0 Å². The van der Waals surface area contributed by atoms with Crippen LogP contribution in [0.3, 0.4) is 0 Å². The van der Waals surface area contributed by atoms with E-state index in [2.05, 4.69) is 0 Å². The van der Waals surface area contributed by atoms with Gasteiger partial charge in [0, 0.05) is 25.2 Å². The molecule has 0 unspecified atom stereocenters. The maximum absolute atomic E-state index is 12.7. The molecule has 0 spiro atoms. The molecule has 1 N–H and O–H groups in total. The van der Waals surface area contributed by atoms with Gasteiger partial charge in [0.2, 0.25) is 0 Å². The molecule has 0 radical (unpaired) electrons. The number of halogens is 3. The van der Waals surface area contributed by atoms with Crippen LogP contribution in [0.15, 0.2) is 24.3 Å². The van der Waals surface area contributed by atoms with Crippen LogP contribution in [-0.2, 0) is 17.3 Å². The Kier molecular flexibility index (Phi) is 4.16. The lowest BCUT2D eigenvalue weighted by molar-refractivity contribution is -0.137. The summed E-state index contributed by atoms with van der Waals surface area (Å²) in [5, 5.41) is 9.55. The second-order valence-corrected chi connectivity index (χ2v) is 5.15. The maximum Gasteiger partial charge on any atom is 0.416 e. The van der Waals surface area contributed by atoms with Crippen molar-refractivity contribution in [2.45, 2.75) is 25.4 Å². The smallest absolute Gasteiger partial charge is 0.396 e. The lowest BCUT2D eigenvalue weighted by Gasteiger charge is -2.35. The van der Waals surface area contributed by atoms with Crippen molar-refractivity contribution < 1.29 is 23.0 Å². The van der Waals surface area contributed by atoms with Crippen molar-refractivity contribution in [1.82, 2.24) is 0 Å². The van der Waals surface area contributed by atoms with Crippen LogP contribution in [0.2, 0.25) is 0 Å². The van der Waals surface area contributed by atoms with E-state index in [0.717, 1.165) is 6.07 Å². The summed E-state index contributed by atoms with van der Waals surface area (Å²) in [6.45, 7) is 1.09. The van der Waals surface area contributed by atoms with Gasteiger partial charge in [-0.1, -0.05) is 18.2 Å². The number of hydrogen-bond donors (Lipinski definition) is 1. The van der Waals surface area contributed by atoms with E-state index in [4.69, 9.17) is 4.74 Å². The minimum atomic E-state index is -4.32. The zero-order chi connectivity index (χ0) is 13.9. The molecule has 0 amide bonds. The Labute approximate surface area is 110 Å². The summed E-state index contributed by atoms with van der Waals surface area (Å²) in [4.78, 5) is 0. The largest absolute Gasteiger partial charge is 0.416 e. The van der Waals surface area contributed by atoms with Crippen molar-refractivity contribution in [1.29, 1.82) is 0 Å². The molecule has 0 saturated carbocycles. The average molecular weight is 274 g/mol. The highest BCUT2D eigenvalue weighted by Gasteiger charge is 2.34. The Bertz CT molecular complexity index is 423. The van der Waals surface area contributed by atoms with E-state index in [1.165, 1.54) is 12.1 Å². The van der Waals surface area contributed by atoms with Gasteiger partial charge in [-0.15, -0.1) is 0 Å². The summed E-state index contributed by atoms with van der Waals surface area (Å²) in [5.41, 5.74) is -0.362.